The van der Waals surface area contributed by atoms with Gasteiger partial charge in [-0.25, -0.2) is 0 Å². The lowest BCUT2D eigenvalue weighted by atomic mass is 9.85. The number of hydrogen-bond acceptors (Lipinski definition) is 1. The van der Waals surface area contributed by atoms with Gasteiger partial charge in [0.05, 0.1) is 5.92 Å². The van der Waals surface area contributed by atoms with Crippen LogP contribution in [0.1, 0.15) is 46.0 Å². The Morgan fingerprint density at radius 1 is 1.41 bits per heavy atom. The molecule has 0 aromatic carbocycles. The molecule has 1 saturated carbocycles. The lowest BCUT2D eigenvalue weighted by Gasteiger charge is -2.31. The van der Waals surface area contributed by atoms with Crippen molar-refractivity contribution < 1.29 is 18.0 Å². The topological polar surface area (TPSA) is 29.1 Å². The van der Waals surface area contributed by atoms with Crippen LogP contribution >= 0.6 is 0 Å². The van der Waals surface area contributed by atoms with E-state index in [-0.39, 0.29) is 30.7 Å². The van der Waals surface area contributed by atoms with Gasteiger partial charge in [-0.15, -0.1) is 0 Å². The molecule has 0 aliphatic heterocycles. The second-order valence-corrected chi connectivity index (χ2v) is 4.92. The van der Waals surface area contributed by atoms with Gasteiger partial charge in [-0.2, -0.15) is 13.2 Å². The van der Waals surface area contributed by atoms with Crippen molar-refractivity contribution in [1.29, 1.82) is 0 Å². The van der Waals surface area contributed by atoms with Gasteiger partial charge in [0.25, 0.3) is 0 Å². The fourth-order valence-corrected chi connectivity index (χ4v) is 2.15. The van der Waals surface area contributed by atoms with Crippen LogP contribution in [0.5, 0.6) is 0 Å². The highest BCUT2D eigenvalue weighted by Crippen LogP contribution is 2.37. The standard InChI is InChI=1S/C12H20F3NO/c1-3-8(2)11(17)16-10-6-4-5-9(7-10)12(13,14)15/h8-10H,3-7H2,1-2H3,(H,16,17)/t8-,9-,10+/m0/s1. The molecule has 0 radical (unpaired) electrons. The molecule has 0 spiro atoms. The third kappa shape index (κ3) is 4.21. The minimum Gasteiger partial charge on any atom is -0.353 e. The molecule has 1 fully saturated rings. The van der Waals surface area contributed by atoms with Gasteiger partial charge in [0.1, 0.15) is 0 Å². The molecular weight excluding hydrogens is 231 g/mol. The van der Waals surface area contributed by atoms with E-state index in [4.69, 9.17) is 0 Å². The van der Waals surface area contributed by atoms with Crippen LogP contribution in [0.25, 0.3) is 0 Å². The number of carbonyl (C=O) groups excluding carboxylic acids is 1. The van der Waals surface area contributed by atoms with Crippen molar-refractivity contribution in [2.45, 2.75) is 58.2 Å². The molecule has 1 aliphatic rings. The molecule has 1 amide bonds. The average molecular weight is 251 g/mol. The van der Waals surface area contributed by atoms with Gasteiger partial charge >= 0.3 is 6.18 Å². The van der Waals surface area contributed by atoms with E-state index in [2.05, 4.69) is 5.32 Å². The Bertz CT molecular complexity index is 265. The molecule has 0 unspecified atom stereocenters. The predicted molar refractivity (Wildman–Crippen MR) is 59.4 cm³/mol. The molecule has 17 heavy (non-hydrogen) atoms. The maximum absolute atomic E-state index is 12.6. The number of alkyl halides is 3. The molecule has 0 saturated heterocycles. The second-order valence-electron chi connectivity index (χ2n) is 4.92. The predicted octanol–water partition coefficient (Wildman–Crippen LogP) is 3.27. The van der Waals surface area contributed by atoms with E-state index in [1.165, 1.54) is 0 Å². The lowest BCUT2D eigenvalue weighted by molar-refractivity contribution is -0.184. The largest absolute Gasteiger partial charge is 0.391 e. The van der Waals surface area contributed by atoms with Crippen molar-refractivity contribution >= 4 is 5.91 Å². The summed E-state index contributed by atoms with van der Waals surface area (Å²) in [5.74, 6) is -1.50. The molecule has 3 atom stereocenters. The summed E-state index contributed by atoms with van der Waals surface area (Å²) in [6.07, 6.45) is -1.99. The molecule has 100 valence electrons. The zero-order valence-electron chi connectivity index (χ0n) is 10.3. The van der Waals surface area contributed by atoms with Crippen LogP contribution in [0, 0.1) is 11.8 Å². The summed E-state index contributed by atoms with van der Waals surface area (Å²) in [4.78, 5) is 11.6. The molecule has 0 aromatic heterocycles. The smallest absolute Gasteiger partial charge is 0.353 e. The Morgan fingerprint density at radius 2 is 2.06 bits per heavy atom. The maximum Gasteiger partial charge on any atom is 0.391 e. The van der Waals surface area contributed by atoms with Crippen molar-refractivity contribution in [3.63, 3.8) is 0 Å². The van der Waals surface area contributed by atoms with E-state index in [9.17, 15) is 18.0 Å². The third-order valence-corrected chi connectivity index (χ3v) is 3.54. The van der Waals surface area contributed by atoms with Crippen LogP contribution in [-0.4, -0.2) is 18.1 Å². The van der Waals surface area contributed by atoms with Gasteiger partial charge in [0, 0.05) is 12.0 Å². The lowest BCUT2D eigenvalue weighted by Crippen LogP contribution is -2.43. The first-order valence-corrected chi connectivity index (χ1v) is 6.21. The van der Waals surface area contributed by atoms with Gasteiger partial charge in [-0.3, -0.25) is 4.79 Å². The highest BCUT2D eigenvalue weighted by Gasteiger charge is 2.42. The maximum atomic E-state index is 12.6. The van der Waals surface area contributed by atoms with Crippen molar-refractivity contribution in [2.75, 3.05) is 0 Å². The zero-order valence-corrected chi connectivity index (χ0v) is 10.3. The van der Waals surface area contributed by atoms with Crippen molar-refractivity contribution in [3.8, 4) is 0 Å². The van der Waals surface area contributed by atoms with E-state index < -0.39 is 12.1 Å². The fourth-order valence-electron chi connectivity index (χ4n) is 2.15. The van der Waals surface area contributed by atoms with Gasteiger partial charge in [0.15, 0.2) is 0 Å². The summed E-state index contributed by atoms with van der Waals surface area (Å²) in [6.45, 7) is 3.68. The third-order valence-electron chi connectivity index (χ3n) is 3.54. The Kier molecular flexibility index (Phi) is 4.83. The van der Waals surface area contributed by atoms with E-state index >= 15 is 0 Å². The van der Waals surface area contributed by atoms with E-state index in [0.29, 0.717) is 19.3 Å². The summed E-state index contributed by atoms with van der Waals surface area (Å²) < 4.78 is 37.7. The SMILES string of the molecule is CC[C@H](C)C(=O)N[C@@H]1CCC[C@H](C(F)(F)F)C1. The minimum atomic E-state index is -4.13. The molecular formula is C12H20F3NO. The first-order valence-electron chi connectivity index (χ1n) is 6.21. The van der Waals surface area contributed by atoms with Crippen LogP contribution in [0.2, 0.25) is 0 Å². The monoisotopic (exact) mass is 251 g/mol. The number of halogens is 3. The number of amides is 1. The normalized spacial score (nSPS) is 27.6. The zero-order chi connectivity index (χ0) is 13.1. The molecule has 1 rings (SSSR count). The van der Waals surface area contributed by atoms with E-state index in [1.54, 1.807) is 6.92 Å². The Labute approximate surface area is 100.0 Å². The van der Waals surface area contributed by atoms with Crippen LogP contribution in [0.4, 0.5) is 13.2 Å². The van der Waals surface area contributed by atoms with Crippen molar-refractivity contribution in [2.24, 2.45) is 11.8 Å². The van der Waals surface area contributed by atoms with Gasteiger partial charge in [-0.05, 0) is 25.7 Å². The van der Waals surface area contributed by atoms with Gasteiger partial charge in [0.2, 0.25) is 5.91 Å². The van der Waals surface area contributed by atoms with E-state index in [1.807, 2.05) is 6.92 Å². The molecule has 0 heterocycles. The molecule has 2 nitrogen and oxygen atoms in total. The Morgan fingerprint density at radius 3 is 2.59 bits per heavy atom. The first kappa shape index (κ1) is 14.3. The van der Waals surface area contributed by atoms with Gasteiger partial charge in [-0.1, -0.05) is 20.3 Å². The Balaban J connectivity index is 2.48. The summed E-state index contributed by atoms with van der Waals surface area (Å²) in [5, 5.41) is 2.73. The highest BCUT2D eigenvalue weighted by atomic mass is 19.4. The summed E-state index contributed by atoms with van der Waals surface area (Å²) in [7, 11) is 0. The molecule has 5 heteroatoms. The first-order chi connectivity index (χ1) is 7.84. The summed E-state index contributed by atoms with van der Waals surface area (Å²) >= 11 is 0. The molecule has 0 bridgehead atoms. The van der Waals surface area contributed by atoms with Crippen LogP contribution in [0.3, 0.4) is 0 Å². The van der Waals surface area contributed by atoms with Crippen LogP contribution in [0.15, 0.2) is 0 Å². The Hall–Kier alpha value is -0.740. The quantitative estimate of drug-likeness (QED) is 0.819. The van der Waals surface area contributed by atoms with Gasteiger partial charge < -0.3 is 5.32 Å². The average Bonchev–Trinajstić information content (AvgIpc) is 2.27. The van der Waals surface area contributed by atoms with Crippen LogP contribution < -0.4 is 5.32 Å². The summed E-state index contributed by atoms with van der Waals surface area (Å²) in [5.41, 5.74) is 0. The second kappa shape index (κ2) is 5.74. The fraction of sp³-hybridized carbons (Fsp3) is 0.917. The molecule has 0 aromatic rings. The molecule has 1 aliphatic carbocycles. The van der Waals surface area contributed by atoms with Crippen molar-refractivity contribution in [1.82, 2.24) is 5.32 Å². The molecule has 1 N–H and O–H groups in total. The van der Waals surface area contributed by atoms with Crippen LogP contribution in [-0.2, 0) is 4.79 Å². The number of carbonyl (C=O) groups is 1. The number of nitrogens with one attached hydrogen (secondary N) is 1. The van der Waals surface area contributed by atoms with E-state index in [0.717, 1.165) is 0 Å². The van der Waals surface area contributed by atoms with Crippen molar-refractivity contribution in [3.05, 3.63) is 0 Å². The highest BCUT2D eigenvalue weighted by molar-refractivity contribution is 5.78. The number of rotatable bonds is 3. The minimum absolute atomic E-state index is 0.0334. The number of hydrogen-bond donors (Lipinski definition) is 1. The summed E-state index contributed by atoms with van der Waals surface area (Å²) in [6, 6.07) is -0.308.